The Morgan fingerprint density at radius 3 is 2.63 bits per heavy atom. The predicted molar refractivity (Wildman–Crippen MR) is 112 cm³/mol. The molecule has 0 saturated heterocycles. The Hall–Kier alpha value is -3.84. The summed E-state index contributed by atoms with van der Waals surface area (Å²) in [6, 6.07) is 5.90. The highest BCUT2D eigenvalue weighted by atomic mass is 15.4. The number of nitrogens with one attached hydrogen (secondary N) is 1. The van der Waals surface area contributed by atoms with Gasteiger partial charge in [-0.3, -0.25) is 0 Å². The molecule has 0 saturated carbocycles. The zero-order valence-electron chi connectivity index (χ0n) is 17.2. The smallest absolute Gasteiger partial charge is 0.164 e. The Bertz CT molecular complexity index is 1250. The Balaban J connectivity index is 1.81. The number of aromatic nitrogens is 7. The molecule has 0 aliphatic rings. The van der Waals surface area contributed by atoms with Gasteiger partial charge in [0.15, 0.2) is 11.5 Å². The van der Waals surface area contributed by atoms with Gasteiger partial charge in [-0.1, -0.05) is 5.21 Å². The second-order valence-corrected chi connectivity index (χ2v) is 7.93. The number of hydrogen-bond donors (Lipinski definition) is 2. The van der Waals surface area contributed by atoms with E-state index in [1.54, 1.807) is 34.0 Å². The van der Waals surface area contributed by atoms with Crippen molar-refractivity contribution in [1.82, 2.24) is 34.7 Å². The Morgan fingerprint density at radius 1 is 1.17 bits per heavy atom. The van der Waals surface area contributed by atoms with Crippen LogP contribution in [0.1, 0.15) is 39.0 Å². The molecule has 4 aromatic rings. The third-order valence-corrected chi connectivity index (χ3v) is 4.47. The summed E-state index contributed by atoms with van der Waals surface area (Å²) < 4.78 is 3.30. The second kappa shape index (κ2) is 7.20. The molecule has 0 aliphatic carbocycles. The Morgan fingerprint density at radius 2 is 1.97 bits per heavy atom. The van der Waals surface area contributed by atoms with E-state index in [0.29, 0.717) is 22.7 Å². The summed E-state index contributed by atoms with van der Waals surface area (Å²) >= 11 is 0. The van der Waals surface area contributed by atoms with Gasteiger partial charge in [0.1, 0.15) is 17.5 Å². The Labute approximate surface area is 173 Å². The number of nitrogens with two attached hydrogens (primary N) is 1. The highest BCUT2D eigenvalue weighted by Crippen LogP contribution is 2.25. The van der Waals surface area contributed by atoms with E-state index in [-0.39, 0.29) is 6.04 Å². The van der Waals surface area contributed by atoms with Gasteiger partial charge in [-0.05, 0) is 33.8 Å². The molecule has 4 aromatic heterocycles. The fourth-order valence-electron chi connectivity index (χ4n) is 2.99. The minimum absolute atomic E-state index is 0.179. The maximum absolute atomic E-state index is 9.07. The minimum Gasteiger partial charge on any atom is -0.381 e. The molecule has 30 heavy (non-hydrogen) atoms. The van der Waals surface area contributed by atoms with E-state index in [2.05, 4.69) is 36.8 Å². The van der Waals surface area contributed by atoms with Crippen molar-refractivity contribution in [3.63, 3.8) is 0 Å². The molecule has 152 valence electrons. The summed E-state index contributed by atoms with van der Waals surface area (Å²) in [5.74, 6) is 0.591. The zero-order valence-corrected chi connectivity index (χ0v) is 17.2. The molecule has 0 amide bonds. The van der Waals surface area contributed by atoms with Crippen LogP contribution in [0.2, 0.25) is 0 Å². The molecule has 4 heterocycles. The third kappa shape index (κ3) is 3.58. The van der Waals surface area contributed by atoms with Gasteiger partial charge in [0.05, 0.1) is 35.4 Å². The van der Waals surface area contributed by atoms with Gasteiger partial charge >= 0.3 is 0 Å². The lowest BCUT2D eigenvalue weighted by molar-refractivity contribution is 0.533. The van der Waals surface area contributed by atoms with Crippen LogP contribution in [0.3, 0.4) is 0 Å². The molecular formula is C20H22N10. The highest BCUT2D eigenvalue weighted by molar-refractivity contribution is 5.77. The summed E-state index contributed by atoms with van der Waals surface area (Å²) in [7, 11) is 0. The van der Waals surface area contributed by atoms with Crippen LogP contribution in [-0.4, -0.2) is 40.8 Å². The predicted octanol–water partition coefficient (Wildman–Crippen LogP) is 2.28. The van der Waals surface area contributed by atoms with E-state index < -0.39 is 5.54 Å². The van der Waals surface area contributed by atoms with E-state index in [9.17, 15) is 0 Å². The van der Waals surface area contributed by atoms with Gasteiger partial charge in [-0.15, -0.1) is 5.10 Å². The van der Waals surface area contributed by atoms with Crippen LogP contribution in [0.15, 0.2) is 36.9 Å². The van der Waals surface area contributed by atoms with Crippen molar-refractivity contribution >= 4 is 16.7 Å². The number of rotatable bonds is 5. The molecule has 0 aromatic carbocycles. The number of anilines is 1. The van der Waals surface area contributed by atoms with Gasteiger partial charge in [0, 0.05) is 23.7 Å². The van der Waals surface area contributed by atoms with Gasteiger partial charge < -0.3 is 11.1 Å². The van der Waals surface area contributed by atoms with Crippen molar-refractivity contribution < 1.29 is 0 Å². The maximum atomic E-state index is 9.07. The monoisotopic (exact) mass is 402 g/mol. The normalized spacial score (nSPS) is 11.8. The quantitative estimate of drug-likeness (QED) is 0.519. The molecular weight excluding hydrogens is 380 g/mol. The summed E-state index contributed by atoms with van der Waals surface area (Å²) in [6.07, 6.45) is 6.70. The van der Waals surface area contributed by atoms with Crippen molar-refractivity contribution in [3.8, 4) is 17.6 Å². The van der Waals surface area contributed by atoms with Gasteiger partial charge in [-0.25, -0.2) is 14.6 Å². The summed E-state index contributed by atoms with van der Waals surface area (Å²) in [5, 5.41) is 26.1. The zero-order chi connectivity index (χ0) is 21.5. The third-order valence-electron chi connectivity index (χ3n) is 4.47. The molecule has 0 radical (unpaired) electrons. The molecule has 0 bridgehead atoms. The van der Waals surface area contributed by atoms with Crippen molar-refractivity contribution in [3.05, 3.63) is 48.2 Å². The van der Waals surface area contributed by atoms with Crippen LogP contribution in [0.4, 0.5) is 5.69 Å². The lowest BCUT2D eigenvalue weighted by atomic mass is 10.0. The van der Waals surface area contributed by atoms with Crippen molar-refractivity contribution in [2.24, 2.45) is 5.73 Å². The first-order valence-corrected chi connectivity index (χ1v) is 9.49. The molecule has 4 rings (SSSR count). The average Bonchev–Trinajstić information content (AvgIpc) is 3.34. The molecule has 3 N–H and O–H groups in total. The van der Waals surface area contributed by atoms with Crippen LogP contribution in [0.25, 0.3) is 22.5 Å². The van der Waals surface area contributed by atoms with E-state index in [0.717, 1.165) is 16.8 Å². The SMILES string of the molecule is CC(C)Nc1cc(-n2ncc3cc(C#N)cnc32)ncc1-n1cc(C(C)(C)N)nn1. The van der Waals surface area contributed by atoms with Crippen LogP contribution in [0.5, 0.6) is 0 Å². The topological polar surface area (TPSA) is 136 Å². The summed E-state index contributed by atoms with van der Waals surface area (Å²) in [6.45, 7) is 7.86. The minimum atomic E-state index is -0.598. The molecule has 0 unspecified atom stereocenters. The second-order valence-electron chi connectivity index (χ2n) is 7.93. The van der Waals surface area contributed by atoms with Gasteiger partial charge in [0.25, 0.3) is 0 Å². The lowest BCUT2D eigenvalue weighted by Gasteiger charge is -2.16. The van der Waals surface area contributed by atoms with E-state index >= 15 is 0 Å². The number of nitriles is 1. The van der Waals surface area contributed by atoms with Crippen molar-refractivity contribution in [2.75, 3.05) is 5.32 Å². The molecule has 10 heteroatoms. The first-order chi connectivity index (χ1) is 14.3. The maximum Gasteiger partial charge on any atom is 0.164 e. The summed E-state index contributed by atoms with van der Waals surface area (Å²) in [5.41, 5.74) is 8.89. The molecule has 0 spiro atoms. The molecule has 10 nitrogen and oxygen atoms in total. The van der Waals surface area contributed by atoms with Crippen molar-refractivity contribution in [2.45, 2.75) is 39.3 Å². The number of pyridine rings is 2. The highest BCUT2D eigenvalue weighted by Gasteiger charge is 2.20. The number of nitrogens with zero attached hydrogens (tertiary/aromatic N) is 8. The van der Waals surface area contributed by atoms with E-state index in [1.165, 1.54) is 6.20 Å². The van der Waals surface area contributed by atoms with Crippen molar-refractivity contribution in [1.29, 1.82) is 5.26 Å². The summed E-state index contributed by atoms with van der Waals surface area (Å²) in [4.78, 5) is 8.93. The lowest BCUT2D eigenvalue weighted by Crippen LogP contribution is -2.29. The standard InChI is InChI=1S/C20H22N10/c1-12(2)26-15-6-18(30-19-14(9-25-30)5-13(7-21)8-24-19)23-10-16(15)29-11-17(27-28-29)20(3,4)22/h5-6,8-12H,22H2,1-4H3,(H,23,26). The van der Waals surface area contributed by atoms with Crippen LogP contribution in [0, 0.1) is 11.3 Å². The fraction of sp³-hybridized carbons (Fsp3) is 0.300. The molecule has 0 aliphatic heterocycles. The Kier molecular flexibility index (Phi) is 4.67. The number of hydrogen-bond acceptors (Lipinski definition) is 8. The van der Waals surface area contributed by atoms with E-state index in [4.69, 9.17) is 11.0 Å². The first kappa shape index (κ1) is 19.5. The largest absolute Gasteiger partial charge is 0.381 e. The van der Waals surface area contributed by atoms with Crippen LogP contribution >= 0.6 is 0 Å². The van der Waals surface area contributed by atoms with Gasteiger partial charge in [0.2, 0.25) is 0 Å². The molecule has 0 fully saturated rings. The van der Waals surface area contributed by atoms with Gasteiger partial charge in [-0.2, -0.15) is 15.0 Å². The average molecular weight is 402 g/mol. The molecule has 0 atom stereocenters. The van der Waals surface area contributed by atoms with Crippen LogP contribution in [-0.2, 0) is 5.54 Å². The van der Waals surface area contributed by atoms with E-state index in [1.807, 2.05) is 33.8 Å². The number of fused-ring (bicyclic) bond motifs is 1. The first-order valence-electron chi connectivity index (χ1n) is 9.49. The van der Waals surface area contributed by atoms with Crippen LogP contribution < -0.4 is 11.1 Å². The fourth-order valence-corrected chi connectivity index (χ4v) is 2.99.